The summed E-state index contributed by atoms with van der Waals surface area (Å²) < 4.78 is 15.9. The van der Waals surface area contributed by atoms with Crippen LogP contribution >= 0.6 is 0 Å². The van der Waals surface area contributed by atoms with Crippen molar-refractivity contribution in [1.82, 2.24) is 9.47 Å². The van der Waals surface area contributed by atoms with E-state index in [4.69, 9.17) is 0 Å². The van der Waals surface area contributed by atoms with Crippen LogP contribution in [-0.4, -0.2) is 34.0 Å². The standard InChI is InChI=1S/C30H27FN4O2/c1-20-7-2-3-8-24(20)32-30(37)34(23-16-17-23)19-28(36)35-26-10-5-4-9-25(26)33-18-6-11-27(33)29(35)21-12-14-22(31)15-13-21/h2-15,18,23,29H,16-17,19H2,1H3,(H,32,37). The molecule has 6 nitrogen and oxygen atoms in total. The molecule has 2 heterocycles. The highest BCUT2D eigenvalue weighted by Crippen LogP contribution is 2.42. The van der Waals surface area contributed by atoms with Gasteiger partial charge in [0.1, 0.15) is 18.4 Å². The zero-order valence-corrected chi connectivity index (χ0v) is 20.5. The monoisotopic (exact) mass is 494 g/mol. The number of fused-ring (bicyclic) bond motifs is 3. The number of nitrogens with zero attached hydrogens (tertiary/aromatic N) is 3. The number of halogens is 1. The molecule has 1 aliphatic heterocycles. The maximum Gasteiger partial charge on any atom is 0.322 e. The fourth-order valence-electron chi connectivity index (χ4n) is 5.10. The molecule has 37 heavy (non-hydrogen) atoms. The molecule has 1 unspecified atom stereocenters. The Morgan fingerprint density at radius 1 is 0.919 bits per heavy atom. The lowest BCUT2D eigenvalue weighted by Crippen LogP contribution is -2.48. The minimum Gasteiger partial charge on any atom is -0.316 e. The van der Waals surface area contributed by atoms with Crippen LogP contribution in [0.25, 0.3) is 5.69 Å². The number of carbonyl (C=O) groups excluding carboxylic acids is 2. The van der Waals surface area contributed by atoms with Crippen molar-refractivity contribution in [3.63, 3.8) is 0 Å². The molecule has 2 aliphatic rings. The number of rotatable bonds is 5. The first-order valence-electron chi connectivity index (χ1n) is 12.5. The van der Waals surface area contributed by atoms with E-state index in [2.05, 4.69) is 9.88 Å². The van der Waals surface area contributed by atoms with Gasteiger partial charge < -0.3 is 14.8 Å². The molecular weight excluding hydrogens is 467 g/mol. The minimum atomic E-state index is -0.460. The number of para-hydroxylation sites is 3. The van der Waals surface area contributed by atoms with Crippen LogP contribution in [0.3, 0.4) is 0 Å². The fraction of sp³-hybridized carbons (Fsp3) is 0.200. The van der Waals surface area contributed by atoms with Crippen molar-refractivity contribution in [2.24, 2.45) is 0 Å². The Kier molecular flexibility index (Phi) is 5.75. The first kappa shape index (κ1) is 23.0. The predicted octanol–water partition coefficient (Wildman–Crippen LogP) is 6.06. The summed E-state index contributed by atoms with van der Waals surface area (Å²) in [6.45, 7) is 1.88. The Balaban J connectivity index is 1.36. The lowest BCUT2D eigenvalue weighted by molar-refractivity contribution is -0.119. The predicted molar refractivity (Wildman–Crippen MR) is 141 cm³/mol. The van der Waals surface area contributed by atoms with Crippen molar-refractivity contribution < 1.29 is 14.0 Å². The molecular formula is C30H27FN4O2. The van der Waals surface area contributed by atoms with Crippen molar-refractivity contribution in [3.05, 3.63) is 114 Å². The van der Waals surface area contributed by atoms with E-state index in [0.29, 0.717) is 0 Å². The van der Waals surface area contributed by atoms with Gasteiger partial charge in [-0.3, -0.25) is 9.69 Å². The summed E-state index contributed by atoms with van der Waals surface area (Å²) in [5.74, 6) is -0.526. The SMILES string of the molecule is Cc1ccccc1NC(=O)N(CC(=O)N1c2ccccc2-n2cccc2C1c1ccc(F)cc1)C1CC1. The van der Waals surface area contributed by atoms with Gasteiger partial charge in [-0.15, -0.1) is 0 Å². The number of urea groups is 1. The van der Waals surface area contributed by atoms with E-state index >= 15 is 0 Å². The number of aromatic nitrogens is 1. The molecule has 4 aromatic rings. The van der Waals surface area contributed by atoms with Gasteiger partial charge in [-0.25, -0.2) is 9.18 Å². The summed E-state index contributed by atoms with van der Waals surface area (Å²) >= 11 is 0. The average molecular weight is 495 g/mol. The summed E-state index contributed by atoms with van der Waals surface area (Å²) in [4.78, 5) is 30.9. The Morgan fingerprint density at radius 2 is 1.62 bits per heavy atom. The van der Waals surface area contributed by atoms with Gasteiger partial charge in [0, 0.05) is 17.9 Å². The fourth-order valence-corrected chi connectivity index (χ4v) is 5.10. The van der Waals surface area contributed by atoms with Gasteiger partial charge in [-0.1, -0.05) is 42.5 Å². The van der Waals surface area contributed by atoms with Crippen molar-refractivity contribution in [2.45, 2.75) is 31.8 Å². The maximum absolute atomic E-state index is 14.1. The summed E-state index contributed by atoms with van der Waals surface area (Å²) in [5.41, 5.74) is 5.03. The number of aryl methyl sites for hydroxylation is 1. The Labute approximate surface area is 214 Å². The topological polar surface area (TPSA) is 57.6 Å². The number of hydrogen-bond donors (Lipinski definition) is 1. The number of benzene rings is 3. The molecule has 1 N–H and O–H groups in total. The Bertz CT molecular complexity index is 1470. The second kappa shape index (κ2) is 9.24. The molecule has 1 fully saturated rings. The smallest absolute Gasteiger partial charge is 0.316 e. The zero-order valence-electron chi connectivity index (χ0n) is 20.5. The molecule has 6 rings (SSSR count). The van der Waals surface area contributed by atoms with Crippen LogP contribution in [0, 0.1) is 12.7 Å². The molecule has 0 radical (unpaired) electrons. The van der Waals surface area contributed by atoms with Gasteiger partial charge in [-0.2, -0.15) is 0 Å². The minimum absolute atomic E-state index is 0.0288. The van der Waals surface area contributed by atoms with Crippen LogP contribution in [-0.2, 0) is 4.79 Å². The third-order valence-corrected chi connectivity index (χ3v) is 7.11. The molecule has 7 heteroatoms. The lowest BCUT2D eigenvalue weighted by Gasteiger charge is -2.39. The number of nitrogens with one attached hydrogen (secondary N) is 1. The van der Waals surface area contributed by atoms with E-state index in [1.54, 1.807) is 21.9 Å². The third-order valence-electron chi connectivity index (χ3n) is 7.11. The highest BCUT2D eigenvalue weighted by molar-refractivity contribution is 6.01. The van der Waals surface area contributed by atoms with Crippen molar-refractivity contribution in [1.29, 1.82) is 0 Å². The molecule has 186 valence electrons. The average Bonchev–Trinajstić information content (AvgIpc) is 3.63. The third kappa shape index (κ3) is 4.27. The van der Waals surface area contributed by atoms with Gasteiger partial charge in [-0.05, 0) is 73.4 Å². The zero-order chi connectivity index (χ0) is 25.5. The first-order valence-corrected chi connectivity index (χ1v) is 12.5. The quantitative estimate of drug-likeness (QED) is 0.367. The van der Waals surface area contributed by atoms with Crippen molar-refractivity contribution >= 4 is 23.3 Å². The molecule has 1 saturated carbocycles. The molecule has 1 aliphatic carbocycles. The summed E-state index contributed by atoms with van der Waals surface area (Å²) in [5, 5.41) is 2.99. The van der Waals surface area contributed by atoms with Gasteiger partial charge in [0.2, 0.25) is 5.91 Å². The Morgan fingerprint density at radius 3 is 2.35 bits per heavy atom. The summed E-state index contributed by atoms with van der Waals surface area (Å²) in [6.07, 6.45) is 3.71. The van der Waals surface area contributed by atoms with Crippen LogP contribution < -0.4 is 10.2 Å². The van der Waals surface area contributed by atoms with Crippen LogP contribution in [0.4, 0.5) is 20.6 Å². The van der Waals surface area contributed by atoms with E-state index in [1.807, 2.05) is 73.8 Å². The van der Waals surface area contributed by atoms with E-state index in [0.717, 1.165) is 46.7 Å². The second-order valence-corrected chi connectivity index (χ2v) is 9.61. The van der Waals surface area contributed by atoms with Crippen molar-refractivity contribution in [2.75, 3.05) is 16.8 Å². The number of amides is 3. The number of hydrogen-bond acceptors (Lipinski definition) is 2. The molecule has 3 aromatic carbocycles. The van der Waals surface area contributed by atoms with Gasteiger partial charge in [0.15, 0.2) is 0 Å². The molecule has 0 saturated heterocycles. The highest BCUT2D eigenvalue weighted by Gasteiger charge is 2.40. The summed E-state index contributed by atoms with van der Waals surface area (Å²) in [7, 11) is 0. The van der Waals surface area contributed by atoms with Crippen LogP contribution in [0.1, 0.15) is 35.7 Å². The second-order valence-electron chi connectivity index (χ2n) is 9.61. The molecule has 1 atom stereocenters. The van der Waals surface area contributed by atoms with Crippen molar-refractivity contribution in [3.8, 4) is 5.69 Å². The maximum atomic E-state index is 14.1. The van der Waals surface area contributed by atoms with Gasteiger partial charge in [0.05, 0.1) is 17.1 Å². The van der Waals surface area contributed by atoms with Gasteiger partial charge >= 0.3 is 6.03 Å². The van der Waals surface area contributed by atoms with Crippen LogP contribution in [0.5, 0.6) is 0 Å². The largest absolute Gasteiger partial charge is 0.322 e. The first-order chi connectivity index (χ1) is 18.0. The van der Waals surface area contributed by atoms with Gasteiger partial charge in [0.25, 0.3) is 0 Å². The Hall–Kier alpha value is -4.39. The van der Waals surface area contributed by atoms with E-state index in [1.165, 1.54) is 12.1 Å². The molecule has 3 amide bonds. The highest BCUT2D eigenvalue weighted by atomic mass is 19.1. The van der Waals surface area contributed by atoms with E-state index in [-0.39, 0.29) is 30.3 Å². The number of carbonyl (C=O) groups is 2. The van der Waals surface area contributed by atoms with Crippen LogP contribution in [0.2, 0.25) is 0 Å². The normalized spacial score (nSPS) is 16.1. The molecule has 0 spiro atoms. The van der Waals surface area contributed by atoms with E-state index < -0.39 is 6.04 Å². The van der Waals surface area contributed by atoms with E-state index in [9.17, 15) is 14.0 Å². The molecule has 1 aromatic heterocycles. The number of anilines is 2. The lowest BCUT2D eigenvalue weighted by atomic mass is 9.97. The van der Waals surface area contributed by atoms with Crippen LogP contribution in [0.15, 0.2) is 91.1 Å². The summed E-state index contributed by atoms with van der Waals surface area (Å²) in [6, 6.07) is 24.8. The molecule has 0 bridgehead atoms.